The van der Waals surface area contributed by atoms with Crippen LogP contribution in [-0.4, -0.2) is 49.5 Å². The van der Waals surface area contributed by atoms with Gasteiger partial charge in [0, 0.05) is 22.6 Å². The van der Waals surface area contributed by atoms with Crippen molar-refractivity contribution in [3.05, 3.63) is 14.2 Å². The first-order valence-electron chi connectivity index (χ1n) is 6.67. The quantitative estimate of drug-likeness (QED) is 0.152. The molecule has 0 aliphatic carbocycles. The van der Waals surface area contributed by atoms with E-state index < -0.39 is 37.9 Å². The van der Waals surface area contributed by atoms with Crippen molar-refractivity contribution in [2.24, 2.45) is 0 Å². The summed E-state index contributed by atoms with van der Waals surface area (Å²) in [5, 5.41) is 10.4. The summed E-state index contributed by atoms with van der Waals surface area (Å²) in [5.41, 5.74) is 5.14. The predicted molar refractivity (Wildman–Crippen MR) is 83.6 cm³/mol. The first-order valence-corrected chi connectivity index (χ1v) is 9.21. The van der Waals surface area contributed by atoms with E-state index in [9.17, 15) is 19.4 Å². The second kappa shape index (κ2) is 6.82. The minimum atomic E-state index is -4.48. The van der Waals surface area contributed by atoms with Crippen molar-refractivity contribution < 1.29 is 57.9 Å². The Bertz CT molecular complexity index is 936. The summed E-state index contributed by atoms with van der Waals surface area (Å²) in [6, 6.07) is 0. The number of nitrogens with one attached hydrogen (secondary N) is 1. The maximum absolute atomic E-state index is 11.9. The molecule has 2 aromatic rings. The third kappa shape index (κ3) is 3.31. The summed E-state index contributed by atoms with van der Waals surface area (Å²) < 4.78 is 28.1. The van der Waals surface area contributed by atoms with Crippen LogP contribution in [0.4, 0.5) is 5.95 Å². The van der Waals surface area contributed by atoms with Crippen LogP contribution in [0.3, 0.4) is 0 Å². The molecule has 12 nitrogen and oxygen atoms in total. The van der Waals surface area contributed by atoms with Crippen molar-refractivity contribution in [2.45, 2.75) is 24.5 Å². The fourth-order valence-corrected chi connectivity index (χ4v) is 4.43. The van der Waals surface area contributed by atoms with Crippen LogP contribution < -0.4 is 45.7 Å². The number of anilines is 1. The number of phosphoric ester groups is 1. The molecule has 15 heteroatoms. The van der Waals surface area contributed by atoms with Gasteiger partial charge in [0.1, 0.15) is 18.3 Å². The summed E-state index contributed by atoms with van der Waals surface area (Å²) in [5.74, 6) is -0.126. The van der Waals surface area contributed by atoms with Gasteiger partial charge in [0.15, 0.2) is 21.2 Å². The number of fused-ring (bicyclic) bond motifs is 2. The number of nitrogen functional groups attached to an aromatic ring is 1. The molecule has 5 atom stereocenters. The Balaban J connectivity index is 0.00000182. The van der Waals surface area contributed by atoms with Gasteiger partial charge < -0.3 is 29.5 Å². The largest absolute Gasteiger partial charge is 1.00 e. The van der Waals surface area contributed by atoms with E-state index in [2.05, 4.69) is 19.5 Å². The molecule has 2 saturated heterocycles. The molecule has 2 aliphatic heterocycles. The molecule has 0 bridgehead atoms. The van der Waals surface area contributed by atoms with Crippen LogP contribution in [0, 0.1) is 3.83 Å². The Kier molecular flexibility index (Phi) is 5.36. The summed E-state index contributed by atoms with van der Waals surface area (Å²) in [7, 11) is -4.48. The van der Waals surface area contributed by atoms with Gasteiger partial charge in [-0.3, -0.25) is 18.9 Å². The number of aliphatic hydroxyl groups excluding tert-OH is 1. The number of aliphatic hydroxyl groups is 1. The topological polar surface area (TPSA) is 178 Å². The molecule has 4 heterocycles. The molecule has 0 aromatic carbocycles. The van der Waals surface area contributed by atoms with Crippen molar-refractivity contribution in [3.63, 3.8) is 0 Å². The number of phosphoric acid groups is 1. The van der Waals surface area contributed by atoms with Crippen molar-refractivity contribution in [1.29, 1.82) is 0 Å². The Morgan fingerprint density at radius 3 is 2.92 bits per heavy atom. The van der Waals surface area contributed by atoms with Gasteiger partial charge in [-0.25, -0.2) is 4.98 Å². The average Bonchev–Trinajstić information content (AvgIpc) is 2.96. The molecule has 25 heavy (non-hydrogen) atoms. The van der Waals surface area contributed by atoms with Crippen molar-refractivity contribution >= 4 is 47.5 Å². The molecule has 0 saturated carbocycles. The molecule has 2 aromatic heterocycles. The van der Waals surface area contributed by atoms with E-state index in [1.54, 1.807) is 0 Å². The summed E-state index contributed by atoms with van der Waals surface area (Å²) in [6.45, 7) is -0.279. The maximum atomic E-state index is 11.9. The number of hydrogen-bond donors (Lipinski definition) is 3. The zero-order valence-corrected chi connectivity index (χ0v) is 17.7. The number of halogens is 1. The predicted octanol–water partition coefficient (Wildman–Crippen LogP) is -4.55. The van der Waals surface area contributed by atoms with Crippen LogP contribution in [0.2, 0.25) is 0 Å². The van der Waals surface area contributed by atoms with Gasteiger partial charge in [-0.1, -0.05) is 0 Å². The van der Waals surface area contributed by atoms with Crippen molar-refractivity contribution in [1.82, 2.24) is 19.5 Å². The van der Waals surface area contributed by atoms with Crippen LogP contribution in [0.15, 0.2) is 4.79 Å². The van der Waals surface area contributed by atoms with Crippen molar-refractivity contribution in [2.75, 3.05) is 12.3 Å². The minimum absolute atomic E-state index is 0. The van der Waals surface area contributed by atoms with E-state index in [1.807, 2.05) is 22.6 Å². The number of hydrogen-bond acceptors (Lipinski definition) is 10. The second-order valence-electron chi connectivity index (χ2n) is 5.24. The number of aromatic nitrogens is 4. The molecule has 0 radical (unpaired) electrons. The van der Waals surface area contributed by atoms with Crippen LogP contribution in [0.25, 0.3) is 11.2 Å². The molecule has 4 N–H and O–H groups in total. The normalized spacial score (nSPS) is 34.7. The zero-order chi connectivity index (χ0) is 17.2. The SMILES string of the molecule is Nc1nc2c(nc(I)n2[C@@H]2O[C@@H]3COP(=O)([O-])O[C@H]3[C@H]2O)c(=O)[nH]1.[Na+]. The Labute approximate surface area is 175 Å². The number of nitrogens with zero attached hydrogens (tertiary/aromatic N) is 3. The summed E-state index contributed by atoms with van der Waals surface area (Å²) >= 11 is 1.84. The van der Waals surface area contributed by atoms with Crippen LogP contribution in [0.5, 0.6) is 0 Å². The van der Waals surface area contributed by atoms with Crippen LogP contribution in [-0.2, 0) is 18.3 Å². The monoisotopic (exact) mass is 493 g/mol. The van der Waals surface area contributed by atoms with Gasteiger partial charge >= 0.3 is 29.6 Å². The van der Waals surface area contributed by atoms with E-state index in [0.29, 0.717) is 3.83 Å². The number of aromatic amines is 1. The number of ether oxygens (including phenoxy) is 1. The Morgan fingerprint density at radius 1 is 1.48 bits per heavy atom. The second-order valence-corrected chi connectivity index (χ2v) is 7.57. The number of rotatable bonds is 1. The molecule has 2 aliphatic rings. The van der Waals surface area contributed by atoms with Gasteiger partial charge in [-0.15, -0.1) is 0 Å². The fraction of sp³-hybridized carbons (Fsp3) is 0.500. The Morgan fingerprint density at radius 2 is 2.20 bits per heavy atom. The number of H-pyrrole nitrogens is 1. The maximum Gasteiger partial charge on any atom is 1.00 e. The molecule has 130 valence electrons. The van der Waals surface area contributed by atoms with Gasteiger partial charge in [0.25, 0.3) is 13.4 Å². The first kappa shape index (κ1) is 19.7. The smallest absolute Gasteiger partial charge is 0.756 e. The molecule has 4 rings (SSSR count). The average molecular weight is 493 g/mol. The molecular formula is C10H10IN5NaO7P. The summed E-state index contributed by atoms with van der Waals surface area (Å²) in [6.07, 6.45) is -4.32. The van der Waals surface area contributed by atoms with Crippen LogP contribution in [0.1, 0.15) is 6.23 Å². The third-order valence-electron chi connectivity index (χ3n) is 3.74. The number of nitrogens with two attached hydrogens (primary N) is 1. The molecule has 0 amide bonds. The minimum Gasteiger partial charge on any atom is -0.756 e. The van der Waals surface area contributed by atoms with E-state index >= 15 is 0 Å². The summed E-state index contributed by atoms with van der Waals surface area (Å²) in [4.78, 5) is 33.8. The van der Waals surface area contributed by atoms with Crippen LogP contribution >= 0.6 is 30.4 Å². The van der Waals surface area contributed by atoms with E-state index in [0.717, 1.165) is 0 Å². The van der Waals surface area contributed by atoms with E-state index in [1.165, 1.54) is 4.57 Å². The van der Waals surface area contributed by atoms with E-state index in [-0.39, 0.29) is 53.3 Å². The molecular weight excluding hydrogens is 483 g/mol. The standard InChI is InChI=1S/C10H11IN5O7P.Na/c11-9-13-3-6(14-10(12)15-7(3)18)16(9)8-4(17)5-2(22-8)1-21-24(19,20)23-5;/h2,4-5,8,17H,1H2,(H,19,20)(H3,12,14,15,18);/q;+1/p-1/t2-,4-,5-,8-;/m1./s1. The zero-order valence-electron chi connectivity index (χ0n) is 12.7. The first-order chi connectivity index (χ1) is 11.3. The fourth-order valence-electron chi connectivity index (χ4n) is 2.74. The molecule has 1 unspecified atom stereocenters. The van der Waals surface area contributed by atoms with E-state index in [4.69, 9.17) is 15.0 Å². The third-order valence-corrected chi connectivity index (χ3v) is 5.47. The molecule has 0 spiro atoms. The van der Waals surface area contributed by atoms with Gasteiger partial charge in [0.05, 0.1) is 6.61 Å². The number of imidazole rings is 1. The van der Waals surface area contributed by atoms with Crippen molar-refractivity contribution in [3.8, 4) is 0 Å². The molecule has 2 fully saturated rings. The van der Waals surface area contributed by atoms with Gasteiger partial charge in [-0.2, -0.15) is 4.98 Å². The Hall–Kier alpha value is -0.0900. The van der Waals surface area contributed by atoms with Gasteiger partial charge in [-0.05, 0) is 0 Å². The van der Waals surface area contributed by atoms with Gasteiger partial charge in [0.2, 0.25) is 5.95 Å².